The lowest BCUT2D eigenvalue weighted by molar-refractivity contribution is 0.517. The van der Waals surface area contributed by atoms with Crippen molar-refractivity contribution in [3.05, 3.63) is 70.2 Å². The molecule has 0 amide bonds. The van der Waals surface area contributed by atoms with Gasteiger partial charge in [0.2, 0.25) is 0 Å². The van der Waals surface area contributed by atoms with E-state index in [1.807, 2.05) is 42.5 Å². The molecular weight excluding hydrogens is 264 g/mol. The molecule has 0 aliphatic heterocycles. The highest BCUT2D eigenvalue weighted by molar-refractivity contribution is 5.72. The van der Waals surface area contributed by atoms with Gasteiger partial charge in [0.05, 0.1) is 18.6 Å². The van der Waals surface area contributed by atoms with E-state index in [9.17, 15) is 4.79 Å². The van der Waals surface area contributed by atoms with Crippen LogP contribution >= 0.6 is 0 Å². The Hall–Kier alpha value is -2.77. The van der Waals surface area contributed by atoms with Crippen LogP contribution in [0.25, 0.3) is 11.1 Å². The second-order valence-electron chi connectivity index (χ2n) is 4.58. The number of hydrogen-bond acceptors (Lipinski definition) is 3. The topological polar surface area (TPSA) is 61.2 Å². The fraction of sp³-hybridized carbons (Fsp3) is 0.118. The molecule has 0 radical (unpaired) electrons. The van der Waals surface area contributed by atoms with Crippen LogP contribution in [-0.4, -0.2) is 11.1 Å². The molecule has 21 heavy (non-hydrogen) atoms. The second-order valence-corrected chi connectivity index (χ2v) is 4.58. The molecule has 1 heterocycles. The molecule has 104 valence electrons. The molecule has 2 aromatic carbocycles. The number of para-hydroxylation sites is 2. The van der Waals surface area contributed by atoms with Gasteiger partial charge in [-0.15, -0.1) is 0 Å². The maximum atomic E-state index is 12.0. The predicted molar refractivity (Wildman–Crippen MR) is 82.0 cm³/mol. The van der Waals surface area contributed by atoms with Crippen molar-refractivity contribution < 1.29 is 4.42 Å². The number of hydrogen-bond donors (Lipinski definition) is 1. The lowest BCUT2D eigenvalue weighted by Gasteiger charge is -2.05. The van der Waals surface area contributed by atoms with Crippen LogP contribution in [0.15, 0.2) is 57.7 Å². The summed E-state index contributed by atoms with van der Waals surface area (Å²) >= 11 is 0. The Morgan fingerprint density at radius 1 is 1.10 bits per heavy atom. The molecule has 0 spiro atoms. The average Bonchev–Trinajstić information content (AvgIpc) is 2.82. The zero-order chi connectivity index (χ0) is 14.7. The van der Waals surface area contributed by atoms with Gasteiger partial charge >= 0.3 is 5.76 Å². The van der Waals surface area contributed by atoms with Crippen molar-refractivity contribution in [2.24, 2.45) is 5.73 Å². The number of nitrogens with two attached hydrogens (primary N) is 1. The third-order valence-electron chi connectivity index (χ3n) is 3.24. The van der Waals surface area contributed by atoms with Gasteiger partial charge in [-0.1, -0.05) is 42.2 Å². The predicted octanol–water partition coefficient (Wildman–Crippen LogP) is 1.95. The highest BCUT2D eigenvalue weighted by Crippen LogP contribution is 2.15. The summed E-state index contributed by atoms with van der Waals surface area (Å²) in [5.74, 6) is 5.51. The van der Waals surface area contributed by atoms with Crippen LogP contribution in [-0.2, 0) is 6.54 Å². The van der Waals surface area contributed by atoms with Crippen molar-refractivity contribution in [2.75, 3.05) is 6.54 Å². The zero-order valence-electron chi connectivity index (χ0n) is 11.4. The Bertz CT molecular complexity index is 894. The van der Waals surface area contributed by atoms with Crippen LogP contribution in [0.5, 0.6) is 0 Å². The summed E-state index contributed by atoms with van der Waals surface area (Å²) in [6.45, 7) is 0.730. The van der Waals surface area contributed by atoms with Crippen molar-refractivity contribution in [3.63, 3.8) is 0 Å². The molecule has 0 aliphatic rings. The molecule has 4 nitrogen and oxygen atoms in total. The normalized spacial score (nSPS) is 10.3. The van der Waals surface area contributed by atoms with E-state index in [2.05, 4.69) is 11.8 Å². The van der Waals surface area contributed by atoms with Crippen molar-refractivity contribution in [2.45, 2.75) is 6.54 Å². The van der Waals surface area contributed by atoms with Crippen LogP contribution in [0.4, 0.5) is 0 Å². The van der Waals surface area contributed by atoms with E-state index in [-0.39, 0.29) is 5.76 Å². The molecule has 0 saturated heterocycles. The van der Waals surface area contributed by atoms with Crippen LogP contribution in [0, 0.1) is 11.8 Å². The first-order valence-corrected chi connectivity index (χ1v) is 6.65. The minimum absolute atomic E-state index is 0.308. The summed E-state index contributed by atoms with van der Waals surface area (Å²) in [5.41, 5.74) is 8.63. The van der Waals surface area contributed by atoms with Crippen molar-refractivity contribution in [3.8, 4) is 11.8 Å². The summed E-state index contributed by atoms with van der Waals surface area (Å²) in [6, 6.07) is 15.1. The molecule has 0 saturated carbocycles. The summed E-state index contributed by atoms with van der Waals surface area (Å²) in [4.78, 5) is 12.0. The summed E-state index contributed by atoms with van der Waals surface area (Å²) in [5, 5.41) is 0. The Balaban J connectivity index is 2.07. The first-order chi connectivity index (χ1) is 10.3. The van der Waals surface area contributed by atoms with Gasteiger partial charge in [0, 0.05) is 5.56 Å². The van der Waals surface area contributed by atoms with Gasteiger partial charge in [-0.25, -0.2) is 4.79 Å². The third-order valence-corrected chi connectivity index (χ3v) is 3.24. The third kappa shape index (κ3) is 2.60. The number of fused-ring (bicyclic) bond motifs is 1. The maximum absolute atomic E-state index is 12.0. The fourth-order valence-corrected chi connectivity index (χ4v) is 2.26. The Morgan fingerprint density at radius 3 is 2.71 bits per heavy atom. The molecule has 2 N–H and O–H groups in total. The fourth-order valence-electron chi connectivity index (χ4n) is 2.26. The molecule has 0 fully saturated rings. The molecule has 3 rings (SSSR count). The Kier molecular flexibility index (Phi) is 3.59. The first-order valence-electron chi connectivity index (χ1n) is 6.65. The minimum atomic E-state index is -0.363. The van der Waals surface area contributed by atoms with Gasteiger partial charge < -0.3 is 10.2 Å². The van der Waals surface area contributed by atoms with Gasteiger partial charge in [0.15, 0.2) is 5.58 Å². The quantitative estimate of drug-likeness (QED) is 0.729. The molecule has 3 aromatic rings. The Morgan fingerprint density at radius 2 is 1.86 bits per heavy atom. The van der Waals surface area contributed by atoms with E-state index in [0.29, 0.717) is 18.7 Å². The minimum Gasteiger partial charge on any atom is -0.408 e. The number of benzene rings is 2. The summed E-state index contributed by atoms with van der Waals surface area (Å²) < 4.78 is 6.85. The van der Waals surface area contributed by atoms with E-state index in [0.717, 1.165) is 16.6 Å². The maximum Gasteiger partial charge on any atom is 0.420 e. The first kappa shape index (κ1) is 13.2. The van der Waals surface area contributed by atoms with Gasteiger partial charge in [0.1, 0.15) is 0 Å². The highest BCUT2D eigenvalue weighted by atomic mass is 16.4. The average molecular weight is 278 g/mol. The standard InChI is InChI=1S/C17H14N2O2/c18-11-5-8-13-6-1-2-7-14(13)12-19-15-9-3-4-10-16(15)21-17(19)20/h1-4,6-7,9-10H,11-12,18H2. The number of rotatable bonds is 2. The molecule has 0 atom stereocenters. The van der Waals surface area contributed by atoms with Crippen LogP contribution in [0.1, 0.15) is 11.1 Å². The van der Waals surface area contributed by atoms with Gasteiger partial charge in [-0.2, -0.15) is 0 Å². The molecule has 0 aliphatic carbocycles. The zero-order valence-corrected chi connectivity index (χ0v) is 11.4. The largest absolute Gasteiger partial charge is 0.420 e. The van der Waals surface area contributed by atoms with Gasteiger partial charge in [-0.3, -0.25) is 4.57 Å². The van der Waals surface area contributed by atoms with Crippen LogP contribution in [0.2, 0.25) is 0 Å². The monoisotopic (exact) mass is 278 g/mol. The van der Waals surface area contributed by atoms with Crippen molar-refractivity contribution in [1.82, 2.24) is 4.57 Å². The molecule has 1 aromatic heterocycles. The van der Waals surface area contributed by atoms with Crippen molar-refractivity contribution >= 4 is 11.1 Å². The number of aromatic nitrogens is 1. The van der Waals surface area contributed by atoms with Crippen molar-refractivity contribution in [1.29, 1.82) is 0 Å². The van der Waals surface area contributed by atoms with E-state index in [4.69, 9.17) is 10.2 Å². The lowest BCUT2D eigenvalue weighted by atomic mass is 10.1. The van der Waals surface area contributed by atoms with Gasteiger partial charge in [0.25, 0.3) is 0 Å². The van der Waals surface area contributed by atoms with E-state index in [1.165, 1.54) is 0 Å². The Labute approximate surface area is 121 Å². The SMILES string of the molecule is NCC#Cc1ccccc1Cn1c(=O)oc2ccccc21. The van der Waals surface area contributed by atoms with Crippen LogP contribution in [0.3, 0.4) is 0 Å². The lowest BCUT2D eigenvalue weighted by Crippen LogP contribution is -2.15. The van der Waals surface area contributed by atoms with Crippen LogP contribution < -0.4 is 11.5 Å². The molecule has 4 heteroatoms. The van der Waals surface area contributed by atoms with E-state index >= 15 is 0 Å². The van der Waals surface area contributed by atoms with Gasteiger partial charge in [-0.05, 0) is 23.8 Å². The smallest absolute Gasteiger partial charge is 0.408 e. The number of oxazole rings is 1. The second kappa shape index (κ2) is 5.70. The molecule has 0 unspecified atom stereocenters. The molecule has 0 bridgehead atoms. The highest BCUT2D eigenvalue weighted by Gasteiger charge is 2.10. The summed E-state index contributed by atoms with van der Waals surface area (Å²) in [7, 11) is 0. The van der Waals surface area contributed by atoms with E-state index < -0.39 is 0 Å². The number of nitrogens with zero attached hydrogens (tertiary/aromatic N) is 1. The summed E-state index contributed by atoms with van der Waals surface area (Å²) in [6.07, 6.45) is 0. The van der Waals surface area contributed by atoms with E-state index in [1.54, 1.807) is 10.6 Å². The molecular formula is C17H14N2O2.